The summed E-state index contributed by atoms with van der Waals surface area (Å²) < 4.78 is 0. The van der Waals surface area contributed by atoms with Gasteiger partial charge < -0.3 is 0 Å². The normalized spacial score (nSPS) is 21.3. The highest BCUT2D eigenvalue weighted by atomic mass is 31.2. The summed E-state index contributed by atoms with van der Waals surface area (Å²) >= 11 is 0. The van der Waals surface area contributed by atoms with Crippen LogP contribution in [-0.4, -0.2) is 12.3 Å². The SMILES string of the molecule is C[P+]1(C2CCCCCCCCCCC2)c2ccccc2-c2ccccc21. The van der Waals surface area contributed by atoms with Gasteiger partial charge in [-0.3, -0.25) is 0 Å². The molecule has 0 amide bonds. The molecule has 0 aromatic heterocycles. The van der Waals surface area contributed by atoms with E-state index < -0.39 is 7.26 Å². The minimum absolute atomic E-state index is 0.881. The number of benzene rings is 2. The predicted octanol–water partition coefficient (Wildman–Crippen LogP) is 6.94. The first-order valence-corrected chi connectivity index (χ1v) is 13.2. The van der Waals surface area contributed by atoms with Gasteiger partial charge in [0, 0.05) is 11.1 Å². The van der Waals surface area contributed by atoms with Gasteiger partial charge in [0.25, 0.3) is 0 Å². The summed E-state index contributed by atoms with van der Waals surface area (Å²) in [6.45, 7) is 2.66. The molecule has 1 heterocycles. The van der Waals surface area contributed by atoms with Crippen molar-refractivity contribution in [3.05, 3.63) is 48.5 Å². The molecular weight excluding hydrogens is 331 g/mol. The Kier molecular flexibility index (Phi) is 5.80. The van der Waals surface area contributed by atoms with Crippen LogP contribution in [0.4, 0.5) is 0 Å². The molecule has 0 atom stereocenters. The monoisotopic (exact) mass is 365 g/mol. The summed E-state index contributed by atoms with van der Waals surface area (Å²) in [5.74, 6) is 0. The first kappa shape index (κ1) is 18.2. The number of hydrogen-bond donors (Lipinski definition) is 0. The molecule has 0 bridgehead atoms. The Balaban J connectivity index is 1.68. The molecule has 0 saturated heterocycles. The van der Waals surface area contributed by atoms with Crippen molar-refractivity contribution in [2.24, 2.45) is 0 Å². The standard InChI is InChI=1S/C25H34P/c1-26(21-15-9-7-5-3-2-4-6-8-10-16-21)24-19-13-11-17-22(24)23-18-12-14-20-25(23)26/h11-14,17-21H,2-10,15-16H2,1H3/q+1. The van der Waals surface area contributed by atoms with Gasteiger partial charge >= 0.3 is 0 Å². The maximum atomic E-state index is 2.66. The topological polar surface area (TPSA) is 0 Å². The molecule has 26 heavy (non-hydrogen) atoms. The molecule has 1 aliphatic heterocycles. The molecule has 0 radical (unpaired) electrons. The van der Waals surface area contributed by atoms with E-state index in [1.165, 1.54) is 81.8 Å². The van der Waals surface area contributed by atoms with Crippen LogP contribution in [-0.2, 0) is 0 Å². The lowest BCUT2D eigenvalue weighted by atomic mass is 10.0. The van der Waals surface area contributed by atoms with E-state index in [9.17, 15) is 0 Å². The Morgan fingerprint density at radius 2 is 0.962 bits per heavy atom. The van der Waals surface area contributed by atoms with E-state index in [0.29, 0.717) is 0 Å². The van der Waals surface area contributed by atoms with E-state index in [1.807, 2.05) is 0 Å². The first-order chi connectivity index (χ1) is 12.8. The second kappa shape index (κ2) is 8.26. The fraction of sp³-hybridized carbons (Fsp3) is 0.520. The summed E-state index contributed by atoms with van der Waals surface area (Å²) in [5, 5.41) is 3.39. The Morgan fingerprint density at radius 3 is 1.42 bits per heavy atom. The van der Waals surface area contributed by atoms with Gasteiger partial charge in [-0.1, -0.05) is 81.3 Å². The van der Waals surface area contributed by atoms with Gasteiger partial charge in [-0.15, -0.1) is 0 Å². The molecule has 0 N–H and O–H groups in total. The lowest BCUT2D eigenvalue weighted by molar-refractivity contribution is 0.507. The van der Waals surface area contributed by atoms with Crippen molar-refractivity contribution >= 4 is 17.9 Å². The average Bonchev–Trinajstić information content (AvgIpc) is 2.93. The molecule has 1 saturated carbocycles. The van der Waals surface area contributed by atoms with E-state index in [4.69, 9.17) is 0 Å². The predicted molar refractivity (Wildman–Crippen MR) is 119 cm³/mol. The number of hydrogen-bond acceptors (Lipinski definition) is 0. The smallest absolute Gasteiger partial charge is 0.0614 e. The minimum Gasteiger partial charge on any atom is -0.0614 e. The summed E-state index contributed by atoms with van der Waals surface area (Å²) in [6, 6.07) is 18.7. The van der Waals surface area contributed by atoms with Gasteiger partial charge in [0.05, 0.1) is 19.6 Å². The Hall–Kier alpha value is -1.13. The van der Waals surface area contributed by atoms with E-state index in [1.54, 1.807) is 10.6 Å². The Morgan fingerprint density at radius 1 is 0.577 bits per heavy atom. The zero-order valence-electron chi connectivity index (χ0n) is 16.4. The molecule has 0 nitrogen and oxygen atoms in total. The van der Waals surface area contributed by atoms with Crippen LogP contribution >= 0.6 is 7.26 Å². The molecule has 2 aliphatic rings. The first-order valence-electron chi connectivity index (χ1n) is 10.9. The maximum Gasteiger partial charge on any atom is 0.107 e. The van der Waals surface area contributed by atoms with Gasteiger partial charge in [-0.2, -0.15) is 0 Å². The van der Waals surface area contributed by atoms with E-state index in [2.05, 4.69) is 55.2 Å². The molecule has 0 unspecified atom stereocenters. The molecule has 0 spiro atoms. The van der Waals surface area contributed by atoms with Crippen LogP contribution in [0, 0.1) is 0 Å². The van der Waals surface area contributed by atoms with Crippen LogP contribution in [0.25, 0.3) is 11.1 Å². The van der Waals surface area contributed by atoms with Crippen molar-refractivity contribution in [1.29, 1.82) is 0 Å². The van der Waals surface area contributed by atoms with Crippen LogP contribution in [0.3, 0.4) is 0 Å². The highest BCUT2D eigenvalue weighted by molar-refractivity contribution is 7.90. The van der Waals surface area contributed by atoms with E-state index in [0.717, 1.165) is 5.66 Å². The fourth-order valence-corrected chi connectivity index (χ4v) is 10.0. The highest BCUT2D eigenvalue weighted by Crippen LogP contribution is 2.65. The quantitative estimate of drug-likeness (QED) is 0.480. The molecule has 1 aliphatic carbocycles. The van der Waals surface area contributed by atoms with Crippen molar-refractivity contribution in [3.63, 3.8) is 0 Å². The molecule has 2 aromatic rings. The van der Waals surface area contributed by atoms with E-state index >= 15 is 0 Å². The van der Waals surface area contributed by atoms with Gasteiger partial charge in [0.15, 0.2) is 0 Å². The van der Waals surface area contributed by atoms with Crippen LogP contribution in [0.15, 0.2) is 48.5 Å². The summed E-state index contributed by atoms with van der Waals surface area (Å²) in [4.78, 5) is 0. The number of rotatable bonds is 1. The molecule has 1 heteroatoms. The van der Waals surface area contributed by atoms with Gasteiger partial charge in [-0.25, -0.2) is 0 Å². The van der Waals surface area contributed by atoms with E-state index in [-0.39, 0.29) is 0 Å². The van der Waals surface area contributed by atoms with Crippen LogP contribution < -0.4 is 10.6 Å². The zero-order valence-corrected chi connectivity index (χ0v) is 17.3. The third-order valence-corrected chi connectivity index (χ3v) is 11.7. The Labute approximate surface area is 160 Å². The van der Waals surface area contributed by atoms with Crippen LogP contribution in [0.1, 0.15) is 70.6 Å². The average molecular weight is 366 g/mol. The van der Waals surface area contributed by atoms with Gasteiger partial charge in [0.1, 0.15) is 10.6 Å². The third-order valence-electron chi connectivity index (χ3n) is 6.90. The lowest BCUT2D eigenvalue weighted by Gasteiger charge is -2.29. The maximum absolute atomic E-state index is 2.66. The number of fused-ring (bicyclic) bond motifs is 3. The van der Waals surface area contributed by atoms with Gasteiger partial charge in [-0.05, 0) is 37.8 Å². The van der Waals surface area contributed by atoms with Crippen molar-refractivity contribution in [1.82, 2.24) is 0 Å². The van der Waals surface area contributed by atoms with Crippen LogP contribution in [0.5, 0.6) is 0 Å². The molecule has 2 aromatic carbocycles. The Bertz CT molecular complexity index is 675. The molecular formula is C25H34P+. The van der Waals surface area contributed by atoms with Crippen molar-refractivity contribution in [3.8, 4) is 11.1 Å². The van der Waals surface area contributed by atoms with Crippen molar-refractivity contribution < 1.29 is 0 Å². The van der Waals surface area contributed by atoms with Crippen molar-refractivity contribution in [2.75, 3.05) is 6.66 Å². The fourth-order valence-electron chi connectivity index (χ4n) is 5.39. The summed E-state index contributed by atoms with van der Waals surface area (Å²) in [5.41, 5.74) is 3.95. The summed E-state index contributed by atoms with van der Waals surface area (Å²) in [7, 11) is -1.28. The van der Waals surface area contributed by atoms with Crippen molar-refractivity contribution in [2.45, 2.75) is 76.3 Å². The summed E-state index contributed by atoms with van der Waals surface area (Å²) in [6.07, 6.45) is 15.9. The van der Waals surface area contributed by atoms with Gasteiger partial charge in [0.2, 0.25) is 0 Å². The third kappa shape index (κ3) is 3.38. The minimum atomic E-state index is -1.28. The zero-order chi connectivity index (χ0) is 17.8. The molecule has 1 fully saturated rings. The molecule has 138 valence electrons. The highest BCUT2D eigenvalue weighted by Gasteiger charge is 2.51. The van der Waals surface area contributed by atoms with Crippen LogP contribution in [0.2, 0.25) is 0 Å². The molecule has 4 rings (SSSR count). The largest absolute Gasteiger partial charge is 0.107 e. The lowest BCUT2D eigenvalue weighted by Crippen LogP contribution is -2.27. The second-order valence-corrected chi connectivity index (χ2v) is 12.4. The second-order valence-electron chi connectivity index (χ2n) is 8.52.